The lowest BCUT2D eigenvalue weighted by atomic mass is 9.98. The highest BCUT2D eigenvalue weighted by Crippen LogP contribution is 2.25. The van der Waals surface area contributed by atoms with Crippen LogP contribution in [0.5, 0.6) is 0 Å². The van der Waals surface area contributed by atoms with Gasteiger partial charge in [0.2, 0.25) is 0 Å². The number of carboxylic acid groups (broad SMARTS) is 2. The molecule has 6 nitrogen and oxygen atoms in total. The zero-order valence-corrected chi connectivity index (χ0v) is 22.1. The van der Waals surface area contributed by atoms with Crippen molar-refractivity contribution >= 4 is 69.9 Å². The van der Waals surface area contributed by atoms with Gasteiger partial charge in [0.25, 0.3) is 0 Å². The Morgan fingerprint density at radius 2 is 0.895 bits per heavy atom. The van der Waals surface area contributed by atoms with E-state index in [1.807, 2.05) is 0 Å². The Balaban J connectivity index is 0.000000211. The van der Waals surface area contributed by atoms with Crippen LogP contribution in [-0.2, 0) is 0 Å². The van der Waals surface area contributed by atoms with Crippen molar-refractivity contribution in [1.29, 1.82) is 0 Å². The first-order valence-electron chi connectivity index (χ1n) is 10.7. The van der Waals surface area contributed by atoms with Crippen molar-refractivity contribution in [2.75, 3.05) is 0 Å². The van der Waals surface area contributed by atoms with Gasteiger partial charge in [0, 0.05) is 26.7 Å². The van der Waals surface area contributed by atoms with E-state index >= 15 is 0 Å². The Hall–Kier alpha value is -3.68. The lowest BCUT2D eigenvalue weighted by molar-refractivity contribution is 0.0683. The van der Waals surface area contributed by atoms with Gasteiger partial charge in [-0.05, 0) is 66.7 Å². The summed E-state index contributed by atoms with van der Waals surface area (Å²) in [5, 5.41) is 19.4. The van der Waals surface area contributed by atoms with E-state index in [4.69, 9.17) is 56.6 Å². The third kappa shape index (κ3) is 6.79. The molecule has 0 amide bonds. The Labute approximate surface area is 237 Å². The van der Waals surface area contributed by atoms with Crippen LogP contribution in [0.4, 0.5) is 0 Å². The van der Waals surface area contributed by atoms with Crippen molar-refractivity contribution in [3.8, 4) is 0 Å². The number of rotatable bonds is 6. The summed E-state index contributed by atoms with van der Waals surface area (Å²) in [6.45, 7) is 0. The zero-order chi connectivity index (χ0) is 28.0. The monoisotopic (exact) mass is 588 g/mol. The Bertz CT molecular complexity index is 1530. The van der Waals surface area contributed by atoms with Gasteiger partial charge in [0.15, 0.2) is 11.6 Å². The number of benzene rings is 4. The van der Waals surface area contributed by atoms with Crippen molar-refractivity contribution < 1.29 is 29.4 Å². The quantitative estimate of drug-likeness (QED) is 0.222. The van der Waals surface area contributed by atoms with Crippen LogP contribution in [0.15, 0.2) is 84.9 Å². The first-order chi connectivity index (χ1) is 18.0. The minimum Gasteiger partial charge on any atom is -0.478 e. The second kappa shape index (κ2) is 12.7. The van der Waals surface area contributed by atoms with Crippen molar-refractivity contribution in [1.82, 2.24) is 0 Å². The molecular weight excluding hydrogens is 574 g/mol. The fraction of sp³-hybridized carbons (Fsp3) is 0. The highest BCUT2D eigenvalue weighted by atomic mass is 35.5. The molecule has 0 spiro atoms. The fourth-order valence-electron chi connectivity index (χ4n) is 3.37. The van der Waals surface area contributed by atoms with E-state index in [1.165, 1.54) is 60.7 Å². The summed E-state index contributed by atoms with van der Waals surface area (Å²) in [6.07, 6.45) is 0. The molecule has 0 aromatic heterocycles. The second-order valence-electron chi connectivity index (χ2n) is 7.61. The van der Waals surface area contributed by atoms with Gasteiger partial charge in [-0.2, -0.15) is 0 Å². The standard InChI is InChI=1S/2C14H8Cl2O3/c15-9-6-4-8(5-7-9)13(17)12-10(14(18)19)2-1-3-11(12)16;15-9-6-4-8(5-7-9)13(17)10-2-1-3-11(16)12(10)14(18)19/h2*1-7H,(H,18,19). The normalized spacial score (nSPS) is 10.2. The first-order valence-corrected chi connectivity index (χ1v) is 12.2. The average molecular weight is 590 g/mol. The molecule has 0 bridgehead atoms. The fourth-order valence-corrected chi connectivity index (χ4v) is 4.13. The van der Waals surface area contributed by atoms with Crippen molar-refractivity contribution in [2.45, 2.75) is 0 Å². The highest BCUT2D eigenvalue weighted by molar-refractivity contribution is 6.36. The molecule has 2 N–H and O–H groups in total. The molecule has 0 heterocycles. The van der Waals surface area contributed by atoms with Gasteiger partial charge >= 0.3 is 11.9 Å². The molecule has 0 aliphatic rings. The number of carbonyl (C=O) groups is 4. The lowest BCUT2D eigenvalue weighted by Crippen LogP contribution is -2.10. The largest absolute Gasteiger partial charge is 0.478 e. The van der Waals surface area contributed by atoms with Crippen LogP contribution in [0.1, 0.15) is 52.6 Å². The Morgan fingerprint density at radius 1 is 0.474 bits per heavy atom. The SMILES string of the molecule is O=C(O)c1cccc(Cl)c1C(=O)c1ccc(Cl)cc1.O=C(c1ccc(Cl)cc1)c1cccc(Cl)c1C(=O)O. The molecule has 0 aliphatic heterocycles. The maximum Gasteiger partial charge on any atom is 0.337 e. The van der Waals surface area contributed by atoms with Gasteiger partial charge in [-0.15, -0.1) is 0 Å². The van der Waals surface area contributed by atoms with Crippen LogP contribution in [-0.4, -0.2) is 33.7 Å². The number of carboxylic acids is 2. The molecule has 0 radical (unpaired) electrons. The van der Waals surface area contributed by atoms with Crippen LogP contribution in [0.2, 0.25) is 20.1 Å². The Morgan fingerprint density at radius 3 is 1.34 bits per heavy atom. The molecule has 0 unspecified atom stereocenters. The summed E-state index contributed by atoms with van der Waals surface area (Å²) in [5.74, 6) is -3.28. The van der Waals surface area contributed by atoms with Crippen LogP contribution in [0.3, 0.4) is 0 Å². The average Bonchev–Trinajstić information content (AvgIpc) is 2.88. The molecule has 0 saturated carbocycles. The number of ketones is 2. The second-order valence-corrected chi connectivity index (χ2v) is 9.29. The van der Waals surface area contributed by atoms with Crippen LogP contribution < -0.4 is 0 Å². The van der Waals surface area contributed by atoms with Gasteiger partial charge < -0.3 is 10.2 Å². The van der Waals surface area contributed by atoms with E-state index in [1.54, 1.807) is 24.3 Å². The summed E-state index contributed by atoms with van der Waals surface area (Å²) in [5.41, 5.74) is 0.423. The molecule has 0 atom stereocenters. The number of hydrogen-bond donors (Lipinski definition) is 2. The van der Waals surface area contributed by atoms with E-state index < -0.39 is 23.5 Å². The molecule has 4 aromatic carbocycles. The highest BCUT2D eigenvalue weighted by Gasteiger charge is 2.22. The molecule has 10 heteroatoms. The number of halogens is 4. The van der Waals surface area contributed by atoms with Crippen LogP contribution in [0.25, 0.3) is 0 Å². The van der Waals surface area contributed by atoms with E-state index in [-0.39, 0.29) is 32.3 Å². The van der Waals surface area contributed by atoms with E-state index in [0.29, 0.717) is 21.2 Å². The number of aromatic carboxylic acids is 2. The minimum atomic E-state index is -1.23. The summed E-state index contributed by atoms with van der Waals surface area (Å²) in [6, 6.07) is 21.1. The van der Waals surface area contributed by atoms with Gasteiger partial charge in [-0.1, -0.05) is 64.6 Å². The molecule has 4 rings (SSSR count). The van der Waals surface area contributed by atoms with Crippen molar-refractivity contribution in [3.05, 3.63) is 138 Å². The van der Waals surface area contributed by atoms with E-state index in [9.17, 15) is 19.2 Å². The maximum atomic E-state index is 12.3. The lowest BCUT2D eigenvalue weighted by Gasteiger charge is -2.07. The van der Waals surface area contributed by atoms with Crippen molar-refractivity contribution in [3.63, 3.8) is 0 Å². The molecule has 4 aromatic rings. The summed E-state index contributed by atoms with van der Waals surface area (Å²) in [7, 11) is 0. The molecule has 0 saturated heterocycles. The topological polar surface area (TPSA) is 109 Å². The van der Waals surface area contributed by atoms with Crippen LogP contribution in [0, 0.1) is 0 Å². The minimum absolute atomic E-state index is 0.0148. The smallest absolute Gasteiger partial charge is 0.337 e. The Kier molecular flexibility index (Phi) is 9.66. The predicted molar refractivity (Wildman–Crippen MR) is 147 cm³/mol. The van der Waals surface area contributed by atoms with Crippen LogP contribution >= 0.6 is 46.4 Å². The third-order valence-corrected chi connectivity index (χ3v) is 6.29. The molecule has 0 aliphatic carbocycles. The maximum absolute atomic E-state index is 12.3. The molecular formula is C28H16Cl4O6. The third-order valence-electron chi connectivity index (χ3n) is 5.16. The predicted octanol–water partition coefficient (Wildman–Crippen LogP) is 7.85. The molecule has 0 fully saturated rings. The molecule has 38 heavy (non-hydrogen) atoms. The summed E-state index contributed by atoms with van der Waals surface area (Å²) < 4.78 is 0. The van der Waals surface area contributed by atoms with Gasteiger partial charge in [-0.3, -0.25) is 9.59 Å². The zero-order valence-electron chi connectivity index (χ0n) is 19.1. The first kappa shape index (κ1) is 28.9. The van der Waals surface area contributed by atoms with E-state index in [2.05, 4.69) is 0 Å². The van der Waals surface area contributed by atoms with E-state index in [0.717, 1.165) is 0 Å². The van der Waals surface area contributed by atoms with Gasteiger partial charge in [-0.25, -0.2) is 9.59 Å². The summed E-state index contributed by atoms with van der Waals surface area (Å²) in [4.78, 5) is 46.9. The van der Waals surface area contributed by atoms with Crippen molar-refractivity contribution in [2.24, 2.45) is 0 Å². The number of carbonyl (C=O) groups excluding carboxylic acids is 2. The van der Waals surface area contributed by atoms with Gasteiger partial charge in [0.05, 0.1) is 26.7 Å². The number of hydrogen-bond acceptors (Lipinski definition) is 4. The summed E-state index contributed by atoms with van der Waals surface area (Å²) >= 11 is 23.3. The van der Waals surface area contributed by atoms with Gasteiger partial charge in [0.1, 0.15) is 0 Å². The molecule has 192 valence electrons.